The van der Waals surface area contributed by atoms with Crippen LogP contribution in [0.25, 0.3) is 0 Å². The van der Waals surface area contributed by atoms with Crippen LogP contribution in [0.3, 0.4) is 0 Å². The molecule has 1 heterocycles. The molecule has 0 spiro atoms. The van der Waals surface area contributed by atoms with Crippen LogP contribution >= 0.6 is 0 Å². The van der Waals surface area contributed by atoms with Crippen LogP contribution in [-0.4, -0.2) is 43.0 Å². The zero-order valence-corrected chi connectivity index (χ0v) is 13.5. The molecule has 1 aromatic rings. The van der Waals surface area contributed by atoms with Gasteiger partial charge in [-0.15, -0.1) is 0 Å². The van der Waals surface area contributed by atoms with Crippen molar-refractivity contribution in [3.63, 3.8) is 0 Å². The van der Waals surface area contributed by atoms with E-state index >= 15 is 0 Å². The highest BCUT2D eigenvalue weighted by atomic mass is 16.5. The maximum Gasteiger partial charge on any atom is 0.126 e. The molecule has 0 aliphatic carbocycles. The normalized spacial score (nSPS) is 16.4. The second-order valence-electron chi connectivity index (χ2n) is 5.98. The Balaban J connectivity index is 1.91. The standard InChI is InChI=1S/C16H26BN3O2/c1-11-15(4-3-12(16(11)21)5-6-17-2)22-14-9-20(10-14)8-13(19)7-18/h3-4,7,14,17,21H,5-6,8-10,18-19H2,1-2H3/b13-7-. The summed E-state index contributed by atoms with van der Waals surface area (Å²) in [5.74, 6) is 1.14. The molecule has 1 fully saturated rings. The summed E-state index contributed by atoms with van der Waals surface area (Å²) in [6.45, 7) is 6.39. The smallest absolute Gasteiger partial charge is 0.126 e. The van der Waals surface area contributed by atoms with Gasteiger partial charge in [-0.3, -0.25) is 4.90 Å². The maximum absolute atomic E-state index is 10.3. The molecule has 22 heavy (non-hydrogen) atoms. The lowest BCUT2D eigenvalue weighted by Crippen LogP contribution is -2.54. The van der Waals surface area contributed by atoms with E-state index in [9.17, 15) is 5.11 Å². The zero-order chi connectivity index (χ0) is 16.1. The predicted octanol–water partition coefficient (Wildman–Crippen LogP) is 0.968. The van der Waals surface area contributed by atoms with E-state index < -0.39 is 0 Å². The number of likely N-dealkylation sites (tertiary alicyclic amines) is 1. The quantitative estimate of drug-likeness (QED) is 0.654. The molecule has 0 saturated carbocycles. The average Bonchev–Trinajstić information content (AvgIpc) is 2.48. The Bertz CT molecular complexity index is 542. The molecular formula is C16H26BN3O2. The molecule has 0 radical (unpaired) electrons. The van der Waals surface area contributed by atoms with Crippen LogP contribution in [0.5, 0.6) is 11.5 Å². The summed E-state index contributed by atoms with van der Waals surface area (Å²) in [6.07, 6.45) is 3.57. The Hall–Kier alpha value is -1.82. The Morgan fingerprint density at radius 1 is 1.50 bits per heavy atom. The summed E-state index contributed by atoms with van der Waals surface area (Å²) in [4.78, 5) is 2.17. The molecule has 0 amide bonds. The number of phenols is 1. The first-order chi connectivity index (χ1) is 10.5. The monoisotopic (exact) mass is 303 g/mol. The van der Waals surface area contributed by atoms with Gasteiger partial charge in [0.25, 0.3) is 0 Å². The molecule has 1 aliphatic heterocycles. The first-order valence-corrected chi connectivity index (χ1v) is 7.91. The SMILES string of the molecule is CBCCc1ccc(OC2CN(C/C(N)=C/N)C2)c(C)c1O. The molecule has 0 atom stereocenters. The minimum absolute atomic E-state index is 0.144. The highest BCUT2D eigenvalue weighted by molar-refractivity contribution is 6.33. The number of hydrogen-bond acceptors (Lipinski definition) is 5. The highest BCUT2D eigenvalue weighted by Crippen LogP contribution is 2.32. The van der Waals surface area contributed by atoms with Gasteiger partial charge in [0.05, 0.1) is 0 Å². The summed E-state index contributed by atoms with van der Waals surface area (Å²) >= 11 is 0. The van der Waals surface area contributed by atoms with Gasteiger partial charge in [-0.25, -0.2) is 0 Å². The number of phenolic OH excluding ortho intramolecular Hbond substituents is 1. The molecule has 0 bridgehead atoms. The van der Waals surface area contributed by atoms with Crippen LogP contribution in [0, 0.1) is 6.92 Å². The van der Waals surface area contributed by atoms with E-state index in [2.05, 4.69) is 11.7 Å². The van der Waals surface area contributed by atoms with Gasteiger partial charge in [-0.05, 0) is 25.0 Å². The molecule has 2 rings (SSSR count). The van der Waals surface area contributed by atoms with E-state index in [1.54, 1.807) is 0 Å². The molecular weight excluding hydrogens is 277 g/mol. The van der Waals surface area contributed by atoms with Crippen molar-refractivity contribution in [1.29, 1.82) is 0 Å². The van der Waals surface area contributed by atoms with Gasteiger partial charge in [0.2, 0.25) is 0 Å². The molecule has 1 aromatic carbocycles. The lowest BCUT2D eigenvalue weighted by molar-refractivity contribution is 0.0257. The number of aromatic hydroxyl groups is 1. The van der Waals surface area contributed by atoms with Crippen molar-refractivity contribution in [3.8, 4) is 11.5 Å². The molecule has 0 aromatic heterocycles. The van der Waals surface area contributed by atoms with Gasteiger partial charge >= 0.3 is 0 Å². The average molecular weight is 303 g/mol. The molecule has 5 nitrogen and oxygen atoms in total. The summed E-state index contributed by atoms with van der Waals surface area (Å²) in [7, 11) is 1.12. The number of nitrogens with zero attached hydrogens (tertiary/aromatic N) is 1. The first kappa shape index (κ1) is 16.6. The fourth-order valence-corrected chi connectivity index (χ4v) is 2.65. The molecule has 5 N–H and O–H groups in total. The number of aryl methyl sites for hydroxylation is 1. The lowest BCUT2D eigenvalue weighted by Gasteiger charge is -2.39. The van der Waals surface area contributed by atoms with E-state index in [-0.39, 0.29) is 6.10 Å². The van der Waals surface area contributed by atoms with Crippen LogP contribution in [0.15, 0.2) is 24.0 Å². The minimum Gasteiger partial charge on any atom is -0.507 e. The van der Waals surface area contributed by atoms with Crippen molar-refractivity contribution in [2.45, 2.75) is 32.6 Å². The van der Waals surface area contributed by atoms with Crippen LogP contribution < -0.4 is 16.2 Å². The van der Waals surface area contributed by atoms with Crippen molar-refractivity contribution in [3.05, 3.63) is 35.2 Å². The third kappa shape index (κ3) is 3.88. The van der Waals surface area contributed by atoms with E-state index in [4.69, 9.17) is 16.2 Å². The van der Waals surface area contributed by atoms with Crippen LogP contribution in [0.1, 0.15) is 11.1 Å². The van der Waals surface area contributed by atoms with E-state index in [0.29, 0.717) is 18.0 Å². The number of hydrogen-bond donors (Lipinski definition) is 3. The van der Waals surface area contributed by atoms with Crippen molar-refractivity contribution in [2.24, 2.45) is 11.5 Å². The Kier molecular flexibility index (Phi) is 5.60. The summed E-state index contributed by atoms with van der Waals surface area (Å²) in [5, 5.41) is 10.3. The van der Waals surface area contributed by atoms with Crippen molar-refractivity contribution >= 4 is 7.28 Å². The maximum atomic E-state index is 10.3. The van der Waals surface area contributed by atoms with Gasteiger partial charge in [0, 0.05) is 37.1 Å². The third-order valence-corrected chi connectivity index (χ3v) is 4.10. The Labute approximate surface area is 133 Å². The molecule has 6 heteroatoms. The van der Waals surface area contributed by atoms with Gasteiger partial charge in [0.1, 0.15) is 24.9 Å². The molecule has 1 saturated heterocycles. The van der Waals surface area contributed by atoms with E-state index in [0.717, 1.165) is 50.0 Å². The number of ether oxygens (including phenoxy) is 1. The Morgan fingerprint density at radius 3 is 2.86 bits per heavy atom. The fourth-order valence-electron chi connectivity index (χ4n) is 2.65. The predicted molar refractivity (Wildman–Crippen MR) is 91.7 cm³/mol. The zero-order valence-electron chi connectivity index (χ0n) is 13.5. The number of rotatable bonds is 7. The second-order valence-corrected chi connectivity index (χ2v) is 5.98. The largest absolute Gasteiger partial charge is 0.507 e. The number of nitrogens with two attached hydrogens (primary N) is 2. The van der Waals surface area contributed by atoms with Crippen molar-refractivity contribution < 1.29 is 9.84 Å². The first-order valence-electron chi connectivity index (χ1n) is 7.91. The van der Waals surface area contributed by atoms with Crippen LogP contribution in [0.2, 0.25) is 13.1 Å². The summed E-state index contributed by atoms with van der Waals surface area (Å²) < 4.78 is 5.97. The topological polar surface area (TPSA) is 84.7 Å². The van der Waals surface area contributed by atoms with E-state index in [1.165, 1.54) is 6.20 Å². The van der Waals surface area contributed by atoms with Crippen LogP contribution in [0.4, 0.5) is 0 Å². The Morgan fingerprint density at radius 2 is 2.23 bits per heavy atom. The van der Waals surface area contributed by atoms with Gasteiger partial charge < -0.3 is 21.3 Å². The number of benzene rings is 1. The van der Waals surface area contributed by atoms with Crippen molar-refractivity contribution in [1.82, 2.24) is 4.90 Å². The van der Waals surface area contributed by atoms with Crippen molar-refractivity contribution in [2.75, 3.05) is 19.6 Å². The highest BCUT2D eigenvalue weighted by Gasteiger charge is 2.29. The fraction of sp³-hybridized carbons (Fsp3) is 0.500. The van der Waals surface area contributed by atoms with E-state index in [1.807, 2.05) is 19.1 Å². The van der Waals surface area contributed by atoms with Gasteiger partial charge in [0.15, 0.2) is 0 Å². The van der Waals surface area contributed by atoms with Gasteiger partial charge in [-0.1, -0.05) is 19.2 Å². The third-order valence-electron chi connectivity index (χ3n) is 4.10. The van der Waals surface area contributed by atoms with Gasteiger partial charge in [-0.2, -0.15) is 0 Å². The summed E-state index contributed by atoms with van der Waals surface area (Å²) in [5.41, 5.74) is 13.6. The minimum atomic E-state index is 0.144. The lowest BCUT2D eigenvalue weighted by atomic mass is 9.75. The second kappa shape index (κ2) is 7.45. The molecule has 120 valence electrons. The molecule has 0 unspecified atom stereocenters. The summed E-state index contributed by atoms with van der Waals surface area (Å²) in [6, 6.07) is 3.94. The van der Waals surface area contributed by atoms with Crippen LogP contribution in [-0.2, 0) is 6.42 Å². The molecule has 1 aliphatic rings.